The fraction of sp³-hybridized carbons (Fsp3) is 0.367. The molecular formula is C30H35N5O4. The maximum absolute atomic E-state index is 5.74. The van der Waals surface area contributed by atoms with Crippen molar-refractivity contribution in [3.8, 4) is 23.0 Å². The molecule has 0 aliphatic heterocycles. The summed E-state index contributed by atoms with van der Waals surface area (Å²) in [5, 5.41) is 4.92. The van der Waals surface area contributed by atoms with Crippen LogP contribution in [0.2, 0.25) is 0 Å². The molecule has 0 amide bonds. The van der Waals surface area contributed by atoms with Crippen molar-refractivity contribution in [1.82, 2.24) is 19.7 Å². The molecule has 9 nitrogen and oxygen atoms in total. The molecule has 2 heterocycles. The van der Waals surface area contributed by atoms with Crippen molar-refractivity contribution < 1.29 is 18.9 Å². The van der Waals surface area contributed by atoms with Crippen LogP contribution in [-0.4, -0.2) is 48.2 Å². The van der Waals surface area contributed by atoms with E-state index in [-0.39, 0.29) is 0 Å². The highest BCUT2D eigenvalue weighted by Crippen LogP contribution is 2.36. The van der Waals surface area contributed by atoms with Gasteiger partial charge in [-0.2, -0.15) is 5.10 Å². The molecule has 0 bridgehead atoms. The van der Waals surface area contributed by atoms with Crippen molar-refractivity contribution in [2.75, 3.05) is 33.3 Å². The number of rotatable bonds is 10. The molecule has 0 unspecified atom stereocenters. The van der Waals surface area contributed by atoms with E-state index in [1.54, 1.807) is 34.8 Å². The second-order valence-electron chi connectivity index (χ2n) is 9.55. The summed E-state index contributed by atoms with van der Waals surface area (Å²) < 4.78 is 24.2. The fourth-order valence-corrected chi connectivity index (χ4v) is 5.17. The van der Waals surface area contributed by atoms with Crippen LogP contribution in [0.3, 0.4) is 0 Å². The molecule has 0 fully saturated rings. The number of aromatic nitrogens is 4. The van der Waals surface area contributed by atoms with Gasteiger partial charge in [-0.15, -0.1) is 0 Å². The van der Waals surface area contributed by atoms with Gasteiger partial charge >= 0.3 is 0 Å². The molecule has 0 saturated carbocycles. The van der Waals surface area contributed by atoms with Gasteiger partial charge in [0.2, 0.25) is 0 Å². The van der Waals surface area contributed by atoms with E-state index >= 15 is 0 Å². The molecule has 2 aromatic heterocycles. The predicted octanol–water partition coefficient (Wildman–Crippen LogP) is 5.56. The number of methoxy groups -OCH3 is 4. The SMILES string of the molecule is COc1ccc(CN(Cc2ccc(OC)cc2OC)c2ncnc3c(C4=CCCCC4)nn(C)c23)c(OC)c1. The van der Waals surface area contributed by atoms with E-state index in [2.05, 4.69) is 11.0 Å². The second kappa shape index (κ2) is 11.6. The molecule has 1 aliphatic rings. The predicted molar refractivity (Wildman–Crippen MR) is 152 cm³/mol. The summed E-state index contributed by atoms with van der Waals surface area (Å²) in [5.41, 5.74) is 5.95. The average molecular weight is 530 g/mol. The molecule has 0 atom stereocenters. The van der Waals surface area contributed by atoms with Crippen molar-refractivity contribution in [1.29, 1.82) is 0 Å². The van der Waals surface area contributed by atoms with Gasteiger partial charge in [-0.1, -0.05) is 6.08 Å². The highest BCUT2D eigenvalue weighted by atomic mass is 16.5. The van der Waals surface area contributed by atoms with Crippen LogP contribution >= 0.6 is 0 Å². The van der Waals surface area contributed by atoms with E-state index in [4.69, 9.17) is 34.0 Å². The highest BCUT2D eigenvalue weighted by Gasteiger charge is 2.24. The van der Waals surface area contributed by atoms with Crippen LogP contribution in [0, 0.1) is 0 Å². The van der Waals surface area contributed by atoms with E-state index in [0.717, 1.165) is 69.5 Å². The molecule has 0 N–H and O–H groups in total. The number of allylic oxidation sites excluding steroid dienone is 2. The van der Waals surface area contributed by atoms with Crippen LogP contribution in [0.4, 0.5) is 5.82 Å². The van der Waals surface area contributed by atoms with Gasteiger partial charge in [-0.3, -0.25) is 4.68 Å². The number of hydrogen-bond acceptors (Lipinski definition) is 8. The van der Waals surface area contributed by atoms with E-state index < -0.39 is 0 Å². The summed E-state index contributed by atoms with van der Waals surface area (Å²) in [4.78, 5) is 11.7. The number of aryl methyl sites for hydroxylation is 1. The zero-order valence-electron chi connectivity index (χ0n) is 23.2. The van der Waals surface area contributed by atoms with Crippen molar-refractivity contribution in [2.45, 2.75) is 38.8 Å². The van der Waals surface area contributed by atoms with Gasteiger partial charge in [-0.25, -0.2) is 9.97 Å². The summed E-state index contributed by atoms with van der Waals surface area (Å²) >= 11 is 0. The third kappa shape index (κ3) is 5.34. The Balaban J connectivity index is 1.63. The van der Waals surface area contributed by atoms with Crippen molar-refractivity contribution in [2.24, 2.45) is 7.05 Å². The quantitative estimate of drug-likeness (QED) is 0.264. The number of ether oxygens (including phenoxy) is 4. The minimum absolute atomic E-state index is 0.525. The fourth-order valence-electron chi connectivity index (χ4n) is 5.17. The van der Waals surface area contributed by atoms with E-state index in [9.17, 15) is 0 Å². The van der Waals surface area contributed by atoms with Crippen molar-refractivity contribution in [3.63, 3.8) is 0 Å². The van der Waals surface area contributed by atoms with Crippen LogP contribution in [-0.2, 0) is 20.1 Å². The van der Waals surface area contributed by atoms with Gasteiger partial charge in [0.25, 0.3) is 0 Å². The minimum Gasteiger partial charge on any atom is -0.497 e. The van der Waals surface area contributed by atoms with E-state index in [1.165, 1.54) is 18.4 Å². The first-order chi connectivity index (χ1) is 19.1. The monoisotopic (exact) mass is 529 g/mol. The Morgan fingerprint density at radius 3 is 2.00 bits per heavy atom. The molecular weight excluding hydrogens is 494 g/mol. The Labute approximate surface area is 229 Å². The van der Waals surface area contributed by atoms with Gasteiger partial charge in [0.1, 0.15) is 46.1 Å². The first kappa shape index (κ1) is 26.3. The Kier molecular flexibility index (Phi) is 7.86. The summed E-state index contributed by atoms with van der Waals surface area (Å²) in [6.07, 6.45) is 8.41. The molecule has 9 heteroatoms. The first-order valence-electron chi connectivity index (χ1n) is 13.1. The van der Waals surface area contributed by atoms with Crippen LogP contribution in [0.25, 0.3) is 16.6 Å². The summed E-state index contributed by atoms with van der Waals surface area (Å²) in [6, 6.07) is 11.7. The van der Waals surface area contributed by atoms with Crippen molar-refractivity contribution >= 4 is 22.4 Å². The van der Waals surface area contributed by atoms with Gasteiger partial charge in [0.05, 0.1) is 28.4 Å². The Hall–Kier alpha value is -4.27. The molecule has 4 aromatic rings. The van der Waals surface area contributed by atoms with Gasteiger partial charge < -0.3 is 23.8 Å². The third-order valence-corrected chi connectivity index (χ3v) is 7.21. The largest absolute Gasteiger partial charge is 0.497 e. The van der Waals surface area contributed by atoms with Gasteiger partial charge in [-0.05, 0) is 55.5 Å². The minimum atomic E-state index is 0.525. The lowest BCUT2D eigenvalue weighted by Gasteiger charge is -2.26. The Bertz CT molecular complexity index is 1440. The standard InChI is InChI=1S/C30H35N5O4/c1-34-29-28(27(33-34)20-9-7-6-8-10-20)31-19-32-30(29)35(17-21-11-13-23(36-2)15-25(21)38-4)18-22-12-14-24(37-3)16-26(22)39-5/h9,11-16,19H,6-8,10,17-18H2,1-5H3. The lowest BCUT2D eigenvalue weighted by Crippen LogP contribution is -2.24. The zero-order chi connectivity index (χ0) is 27.4. The Morgan fingerprint density at radius 1 is 0.821 bits per heavy atom. The van der Waals surface area contributed by atoms with Crippen molar-refractivity contribution in [3.05, 3.63) is 65.6 Å². The van der Waals surface area contributed by atoms with Gasteiger partial charge in [0, 0.05) is 43.4 Å². The number of anilines is 1. The summed E-state index contributed by atoms with van der Waals surface area (Å²) in [6.45, 7) is 1.05. The lowest BCUT2D eigenvalue weighted by molar-refractivity contribution is 0.389. The summed E-state index contributed by atoms with van der Waals surface area (Å²) in [7, 11) is 8.60. The van der Waals surface area contributed by atoms with Crippen LogP contribution in [0.15, 0.2) is 48.8 Å². The maximum Gasteiger partial charge on any atom is 0.158 e. The van der Waals surface area contributed by atoms with E-state index in [1.807, 2.05) is 48.1 Å². The lowest BCUT2D eigenvalue weighted by atomic mass is 9.97. The third-order valence-electron chi connectivity index (χ3n) is 7.21. The molecule has 0 spiro atoms. The van der Waals surface area contributed by atoms with Crippen LogP contribution in [0.5, 0.6) is 23.0 Å². The second-order valence-corrected chi connectivity index (χ2v) is 9.55. The topological polar surface area (TPSA) is 83.8 Å². The molecule has 5 rings (SSSR count). The van der Waals surface area contributed by atoms with Gasteiger partial charge in [0.15, 0.2) is 5.82 Å². The van der Waals surface area contributed by atoms with E-state index in [0.29, 0.717) is 13.1 Å². The molecule has 1 aliphatic carbocycles. The smallest absolute Gasteiger partial charge is 0.158 e. The number of fused-ring (bicyclic) bond motifs is 1. The highest BCUT2D eigenvalue weighted by molar-refractivity contribution is 5.94. The molecule has 204 valence electrons. The van der Waals surface area contributed by atoms with Crippen LogP contribution in [0.1, 0.15) is 42.5 Å². The molecule has 0 radical (unpaired) electrons. The number of nitrogens with zero attached hydrogens (tertiary/aromatic N) is 5. The first-order valence-corrected chi connectivity index (χ1v) is 13.1. The number of hydrogen-bond donors (Lipinski definition) is 0. The maximum atomic E-state index is 5.74. The molecule has 2 aromatic carbocycles. The normalized spacial score (nSPS) is 13.2. The summed E-state index contributed by atoms with van der Waals surface area (Å²) in [5.74, 6) is 3.74. The zero-order valence-corrected chi connectivity index (χ0v) is 23.2. The molecule has 0 saturated heterocycles. The Morgan fingerprint density at radius 2 is 1.46 bits per heavy atom. The number of benzene rings is 2. The van der Waals surface area contributed by atoms with Crippen LogP contribution < -0.4 is 23.8 Å². The molecule has 39 heavy (non-hydrogen) atoms. The average Bonchev–Trinajstić information content (AvgIpc) is 3.34.